The van der Waals surface area contributed by atoms with E-state index in [1.165, 1.54) is 7.11 Å². The van der Waals surface area contributed by atoms with Crippen LogP contribution in [0.25, 0.3) is 0 Å². The third-order valence-corrected chi connectivity index (χ3v) is 4.40. The number of ether oxygens (including phenoxy) is 2. The van der Waals surface area contributed by atoms with E-state index < -0.39 is 0 Å². The molecule has 1 amide bonds. The number of nitrogens with one attached hydrogen (secondary N) is 2. The summed E-state index contributed by atoms with van der Waals surface area (Å²) < 4.78 is 11.2. The Kier molecular flexibility index (Phi) is 7.11. The molecule has 0 atom stereocenters. The van der Waals surface area contributed by atoms with Crippen molar-refractivity contribution >= 4 is 17.3 Å². The molecule has 0 bridgehead atoms. The second-order valence-electron chi connectivity index (χ2n) is 6.59. The van der Waals surface area contributed by atoms with Crippen molar-refractivity contribution in [2.75, 3.05) is 24.3 Å². The van der Waals surface area contributed by atoms with Gasteiger partial charge in [0.1, 0.15) is 17.2 Å². The molecule has 0 aliphatic carbocycles. The molecule has 2 N–H and O–H groups in total. The highest BCUT2D eigenvalue weighted by molar-refractivity contribution is 6.06. The molecule has 0 aromatic heterocycles. The number of unbranched alkanes of at least 4 members (excludes halogenated alkanes) is 1. The molecule has 0 unspecified atom stereocenters. The van der Waals surface area contributed by atoms with Crippen molar-refractivity contribution in [2.45, 2.75) is 19.8 Å². The lowest BCUT2D eigenvalue weighted by atomic mass is 10.1. The molecule has 3 aromatic rings. The van der Waals surface area contributed by atoms with Crippen molar-refractivity contribution in [3.05, 3.63) is 78.4 Å². The van der Waals surface area contributed by atoms with Crippen LogP contribution < -0.4 is 20.1 Å². The van der Waals surface area contributed by atoms with E-state index in [0.717, 1.165) is 36.5 Å². The summed E-state index contributed by atoms with van der Waals surface area (Å²) in [6.45, 7) is 3.10. The largest absolute Gasteiger partial charge is 0.496 e. The molecule has 0 radical (unpaired) electrons. The fourth-order valence-corrected chi connectivity index (χ4v) is 2.83. The fourth-order valence-electron chi connectivity index (χ4n) is 2.83. The minimum absolute atomic E-state index is 0.236. The van der Waals surface area contributed by atoms with Crippen LogP contribution in [0, 0.1) is 0 Å². The maximum Gasteiger partial charge on any atom is 0.259 e. The molecule has 3 aromatic carbocycles. The highest BCUT2D eigenvalue weighted by Crippen LogP contribution is 2.29. The Morgan fingerprint density at radius 2 is 1.62 bits per heavy atom. The lowest BCUT2D eigenvalue weighted by Crippen LogP contribution is -2.13. The van der Waals surface area contributed by atoms with Crippen LogP contribution in [0.15, 0.2) is 72.8 Å². The summed E-state index contributed by atoms with van der Waals surface area (Å²) in [5.74, 6) is 1.54. The first kappa shape index (κ1) is 20.3. The molecular formula is C24H26N2O3. The highest BCUT2D eigenvalue weighted by Gasteiger charge is 2.14. The number of anilines is 2. The van der Waals surface area contributed by atoms with Gasteiger partial charge in [0.05, 0.1) is 12.7 Å². The standard InChI is InChI=1S/C24H26N2O3/c1-3-4-16-25-18-10-12-19(13-11-18)26-24(27)22-15-14-21(17-23(22)28-2)29-20-8-6-5-7-9-20/h5-15,17,25H,3-4,16H2,1-2H3,(H,26,27). The van der Waals surface area contributed by atoms with Crippen LogP contribution in [0.3, 0.4) is 0 Å². The van der Waals surface area contributed by atoms with Crippen molar-refractivity contribution < 1.29 is 14.3 Å². The minimum atomic E-state index is -0.236. The molecule has 29 heavy (non-hydrogen) atoms. The van der Waals surface area contributed by atoms with Crippen LogP contribution in [0.4, 0.5) is 11.4 Å². The SMILES string of the molecule is CCCCNc1ccc(NC(=O)c2ccc(Oc3ccccc3)cc2OC)cc1. The Hall–Kier alpha value is -3.47. The second kappa shape index (κ2) is 10.2. The number of methoxy groups -OCH3 is 1. The molecule has 0 spiro atoms. The topological polar surface area (TPSA) is 59.6 Å². The lowest BCUT2D eigenvalue weighted by Gasteiger charge is -2.12. The number of carbonyl (C=O) groups excluding carboxylic acids is 1. The van der Waals surface area contributed by atoms with Gasteiger partial charge in [0.15, 0.2) is 0 Å². The van der Waals surface area contributed by atoms with E-state index in [2.05, 4.69) is 17.6 Å². The summed E-state index contributed by atoms with van der Waals surface area (Å²) in [5.41, 5.74) is 2.21. The summed E-state index contributed by atoms with van der Waals surface area (Å²) >= 11 is 0. The van der Waals surface area contributed by atoms with Crippen LogP contribution in [0.2, 0.25) is 0 Å². The average molecular weight is 390 g/mol. The normalized spacial score (nSPS) is 10.3. The number of benzene rings is 3. The summed E-state index contributed by atoms with van der Waals surface area (Å²) in [6, 6.07) is 22.3. The molecule has 0 saturated carbocycles. The van der Waals surface area contributed by atoms with Gasteiger partial charge >= 0.3 is 0 Å². The van der Waals surface area contributed by atoms with Gasteiger partial charge in [0.25, 0.3) is 5.91 Å². The maximum atomic E-state index is 12.7. The van der Waals surface area contributed by atoms with Crippen molar-refractivity contribution in [2.24, 2.45) is 0 Å². The first-order valence-corrected chi connectivity index (χ1v) is 9.76. The Morgan fingerprint density at radius 1 is 0.897 bits per heavy atom. The molecule has 5 heteroatoms. The van der Waals surface area contributed by atoms with Crippen LogP contribution in [-0.2, 0) is 0 Å². The summed E-state index contributed by atoms with van der Waals surface area (Å²) in [4.78, 5) is 12.7. The van der Waals surface area contributed by atoms with E-state index in [1.807, 2.05) is 54.6 Å². The van der Waals surface area contributed by atoms with Crippen molar-refractivity contribution in [3.63, 3.8) is 0 Å². The number of carbonyl (C=O) groups is 1. The summed E-state index contributed by atoms with van der Waals surface area (Å²) in [5, 5.41) is 6.26. The van der Waals surface area contributed by atoms with Gasteiger partial charge in [-0.25, -0.2) is 0 Å². The number of rotatable bonds is 9. The van der Waals surface area contributed by atoms with Crippen molar-refractivity contribution in [1.29, 1.82) is 0 Å². The number of amides is 1. The van der Waals surface area contributed by atoms with Gasteiger partial charge in [-0.1, -0.05) is 31.5 Å². The van der Waals surface area contributed by atoms with E-state index >= 15 is 0 Å². The van der Waals surface area contributed by atoms with E-state index in [1.54, 1.807) is 18.2 Å². The van der Waals surface area contributed by atoms with E-state index in [-0.39, 0.29) is 5.91 Å². The Balaban J connectivity index is 1.67. The first-order valence-electron chi connectivity index (χ1n) is 9.76. The fraction of sp³-hybridized carbons (Fsp3) is 0.208. The molecule has 5 nitrogen and oxygen atoms in total. The Morgan fingerprint density at radius 3 is 2.31 bits per heavy atom. The molecule has 0 aliphatic heterocycles. The zero-order valence-electron chi connectivity index (χ0n) is 16.8. The predicted octanol–water partition coefficient (Wildman–Crippen LogP) is 5.95. The maximum absolute atomic E-state index is 12.7. The van der Waals surface area contributed by atoms with E-state index in [4.69, 9.17) is 9.47 Å². The van der Waals surface area contributed by atoms with Crippen LogP contribution >= 0.6 is 0 Å². The van der Waals surface area contributed by atoms with E-state index in [9.17, 15) is 4.79 Å². The lowest BCUT2D eigenvalue weighted by molar-refractivity contribution is 0.102. The summed E-state index contributed by atoms with van der Waals surface area (Å²) in [7, 11) is 1.54. The van der Waals surface area contributed by atoms with Gasteiger partial charge in [-0.2, -0.15) is 0 Å². The monoisotopic (exact) mass is 390 g/mol. The zero-order chi connectivity index (χ0) is 20.5. The van der Waals surface area contributed by atoms with Gasteiger partial charge in [-0.05, 0) is 55.0 Å². The Labute approximate surface area is 171 Å². The first-order chi connectivity index (χ1) is 14.2. The number of para-hydroxylation sites is 1. The second-order valence-corrected chi connectivity index (χ2v) is 6.59. The van der Waals surface area contributed by atoms with Crippen molar-refractivity contribution in [1.82, 2.24) is 0 Å². The van der Waals surface area contributed by atoms with Crippen LogP contribution in [-0.4, -0.2) is 19.6 Å². The molecule has 0 saturated heterocycles. The zero-order valence-corrected chi connectivity index (χ0v) is 16.8. The molecule has 0 fully saturated rings. The molecule has 0 aliphatic rings. The minimum Gasteiger partial charge on any atom is -0.496 e. The van der Waals surface area contributed by atoms with Crippen molar-refractivity contribution in [3.8, 4) is 17.2 Å². The van der Waals surface area contributed by atoms with Gasteiger partial charge < -0.3 is 20.1 Å². The molecule has 150 valence electrons. The quantitative estimate of drug-likeness (QED) is 0.443. The number of hydrogen-bond acceptors (Lipinski definition) is 4. The van der Waals surface area contributed by atoms with Gasteiger partial charge in [-0.3, -0.25) is 4.79 Å². The number of hydrogen-bond donors (Lipinski definition) is 2. The third-order valence-electron chi connectivity index (χ3n) is 4.40. The average Bonchev–Trinajstić information content (AvgIpc) is 2.75. The third kappa shape index (κ3) is 5.75. The highest BCUT2D eigenvalue weighted by atomic mass is 16.5. The van der Waals surface area contributed by atoms with Crippen LogP contribution in [0.1, 0.15) is 30.1 Å². The predicted molar refractivity (Wildman–Crippen MR) is 117 cm³/mol. The van der Waals surface area contributed by atoms with Crippen LogP contribution in [0.5, 0.6) is 17.2 Å². The summed E-state index contributed by atoms with van der Waals surface area (Å²) in [6.07, 6.45) is 2.28. The van der Waals surface area contributed by atoms with Gasteiger partial charge in [0.2, 0.25) is 0 Å². The van der Waals surface area contributed by atoms with E-state index in [0.29, 0.717) is 17.1 Å². The van der Waals surface area contributed by atoms with Gasteiger partial charge in [-0.15, -0.1) is 0 Å². The van der Waals surface area contributed by atoms with Gasteiger partial charge in [0, 0.05) is 24.0 Å². The molecule has 3 rings (SSSR count). The Bertz CT molecular complexity index is 925. The molecule has 0 heterocycles. The molecular weight excluding hydrogens is 364 g/mol. The smallest absolute Gasteiger partial charge is 0.259 e.